The molecule has 31 heavy (non-hydrogen) atoms. The van der Waals surface area contributed by atoms with Gasteiger partial charge in [-0.05, 0) is 64.0 Å². The summed E-state index contributed by atoms with van der Waals surface area (Å²) in [5, 5.41) is 22.1. The van der Waals surface area contributed by atoms with Gasteiger partial charge >= 0.3 is 0 Å². The maximum absolute atomic E-state index is 13.1. The number of hydrogen-bond donors (Lipinski definition) is 3. The lowest BCUT2D eigenvalue weighted by molar-refractivity contribution is -0.115. The number of unbranched alkanes of at least 4 members (excludes halogenated alkanes) is 2. The van der Waals surface area contributed by atoms with Crippen molar-refractivity contribution >= 4 is 15.8 Å². The molecule has 172 valence electrons. The van der Waals surface area contributed by atoms with Crippen LogP contribution >= 0.6 is 0 Å². The van der Waals surface area contributed by atoms with Gasteiger partial charge in [-0.25, -0.2) is 13.1 Å². The zero-order valence-corrected chi connectivity index (χ0v) is 19.8. The third-order valence-electron chi connectivity index (χ3n) is 5.89. The number of Topliss-reactive ketones (excluding diaryl/α,β-unsaturated/α-hetero) is 1. The fraction of sp³-hybridized carbons (Fsp3) is 0.542. The average Bonchev–Trinajstić information content (AvgIpc) is 2.66. The normalized spacial score (nSPS) is 19.2. The molecular formula is C24H35NO5S. The zero-order valence-electron chi connectivity index (χ0n) is 19.0. The molecule has 0 saturated heterocycles. The van der Waals surface area contributed by atoms with Gasteiger partial charge in [-0.15, -0.1) is 0 Å². The van der Waals surface area contributed by atoms with Gasteiger partial charge < -0.3 is 10.2 Å². The Bertz CT molecular complexity index is 978. The molecule has 2 rings (SSSR count). The minimum Gasteiger partial charge on any atom is -0.507 e. The Morgan fingerprint density at radius 1 is 1.26 bits per heavy atom. The SMILES string of the molecule is C=C(C)C1CCC(C)=CC1c1c(O)cc(CCCCC)c(S(=O)(=O)NCC(C)=O)c1O. The summed E-state index contributed by atoms with van der Waals surface area (Å²) in [5.74, 6) is -1.28. The number of benzene rings is 1. The third-order valence-corrected chi connectivity index (χ3v) is 7.41. The highest BCUT2D eigenvalue weighted by Gasteiger charge is 2.34. The molecule has 2 unspecified atom stereocenters. The Morgan fingerprint density at radius 2 is 1.94 bits per heavy atom. The van der Waals surface area contributed by atoms with Crippen molar-refractivity contribution < 1.29 is 23.4 Å². The Kier molecular flexibility index (Phi) is 8.49. The number of sulfonamides is 1. The molecular weight excluding hydrogens is 414 g/mol. The predicted molar refractivity (Wildman–Crippen MR) is 123 cm³/mol. The predicted octanol–water partition coefficient (Wildman–Crippen LogP) is 4.71. The number of ketones is 1. The molecule has 2 atom stereocenters. The van der Waals surface area contributed by atoms with Crippen LogP contribution in [0.4, 0.5) is 0 Å². The quantitative estimate of drug-likeness (QED) is 0.354. The van der Waals surface area contributed by atoms with Crippen molar-refractivity contribution in [3.8, 4) is 11.5 Å². The fourth-order valence-corrected chi connectivity index (χ4v) is 5.67. The topological polar surface area (TPSA) is 104 Å². The van der Waals surface area contributed by atoms with Crippen molar-refractivity contribution in [2.75, 3.05) is 6.54 Å². The van der Waals surface area contributed by atoms with E-state index in [2.05, 4.69) is 11.3 Å². The molecule has 0 bridgehead atoms. The van der Waals surface area contributed by atoms with E-state index in [1.54, 1.807) is 0 Å². The van der Waals surface area contributed by atoms with E-state index in [-0.39, 0.29) is 40.4 Å². The lowest BCUT2D eigenvalue weighted by Gasteiger charge is -2.32. The first-order valence-electron chi connectivity index (χ1n) is 10.9. The molecule has 1 aromatic carbocycles. The highest BCUT2D eigenvalue weighted by molar-refractivity contribution is 7.89. The number of rotatable bonds is 10. The van der Waals surface area contributed by atoms with E-state index in [0.29, 0.717) is 12.0 Å². The molecule has 0 amide bonds. The largest absolute Gasteiger partial charge is 0.507 e. The maximum atomic E-state index is 13.1. The summed E-state index contributed by atoms with van der Waals surface area (Å²) in [7, 11) is -4.16. The number of phenols is 2. The average molecular weight is 450 g/mol. The standard InChI is InChI=1S/C24H35NO5S/c1-6-7-8-9-18-13-21(27)22(20-12-16(4)10-11-19(20)15(2)3)23(28)24(18)31(29,30)25-14-17(5)26/h12-13,19-20,25,27-28H,2,6-11,14H2,1,3-5H3. The smallest absolute Gasteiger partial charge is 0.244 e. The Morgan fingerprint density at radius 3 is 2.52 bits per heavy atom. The van der Waals surface area contributed by atoms with Gasteiger partial charge in [0.15, 0.2) is 0 Å². The second kappa shape index (κ2) is 10.5. The van der Waals surface area contributed by atoms with Crippen LogP contribution in [-0.2, 0) is 21.2 Å². The van der Waals surface area contributed by atoms with Gasteiger partial charge in [0.1, 0.15) is 22.2 Å². The van der Waals surface area contributed by atoms with Gasteiger partial charge in [0, 0.05) is 11.5 Å². The summed E-state index contributed by atoms with van der Waals surface area (Å²) in [6.45, 7) is 10.9. The van der Waals surface area contributed by atoms with E-state index in [4.69, 9.17) is 0 Å². The second-order valence-corrected chi connectivity index (χ2v) is 10.4. The lowest BCUT2D eigenvalue weighted by Crippen LogP contribution is -2.29. The number of hydrogen-bond acceptors (Lipinski definition) is 5. The Labute approximate surface area is 186 Å². The summed E-state index contributed by atoms with van der Waals surface area (Å²) < 4.78 is 28.5. The van der Waals surface area contributed by atoms with Gasteiger partial charge in [0.25, 0.3) is 0 Å². The fourth-order valence-electron chi connectivity index (χ4n) is 4.26. The minimum absolute atomic E-state index is 0.0211. The van der Waals surface area contributed by atoms with Crippen molar-refractivity contribution in [3.63, 3.8) is 0 Å². The summed E-state index contributed by atoms with van der Waals surface area (Å²) in [6.07, 6.45) is 6.64. The van der Waals surface area contributed by atoms with E-state index < -0.39 is 15.8 Å². The van der Waals surface area contributed by atoms with E-state index >= 15 is 0 Å². The third kappa shape index (κ3) is 5.98. The van der Waals surface area contributed by atoms with Crippen LogP contribution in [0.25, 0.3) is 0 Å². The molecule has 0 saturated carbocycles. The van der Waals surface area contributed by atoms with Crippen molar-refractivity contribution in [1.29, 1.82) is 0 Å². The van der Waals surface area contributed by atoms with Crippen molar-refractivity contribution in [2.45, 2.75) is 77.0 Å². The number of carbonyl (C=O) groups is 1. The Balaban J connectivity index is 2.70. The molecule has 0 aromatic heterocycles. The monoisotopic (exact) mass is 449 g/mol. The number of nitrogens with one attached hydrogen (secondary N) is 1. The number of carbonyl (C=O) groups excluding carboxylic acids is 1. The second-order valence-electron chi connectivity index (χ2n) is 8.66. The molecule has 0 heterocycles. The molecule has 1 aromatic rings. The summed E-state index contributed by atoms with van der Waals surface area (Å²) in [5.41, 5.74) is 2.59. The summed E-state index contributed by atoms with van der Waals surface area (Å²) in [6, 6.07) is 1.46. The molecule has 1 aliphatic carbocycles. The van der Waals surface area contributed by atoms with Crippen molar-refractivity contribution in [2.24, 2.45) is 5.92 Å². The van der Waals surface area contributed by atoms with Crippen LogP contribution in [0.1, 0.15) is 76.8 Å². The van der Waals surface area contributed by atoms with Crippen LogP contribution in [0, 0.1) is 5.92 Å². The van der Waals surface area contributed by atoms with E-state index in [9.17, 15) is 23.4 Å². The number of allylic oxidation sites excluding steroid dienone is 3. The lowest BCUT2D eigenvalue weighted by atomic mass is 9.73. The van der Waals surface area contributed by atoms with Gasteiger partial charge in [-0.3, -0.25) is 4.79 Å². The van der Waals surface area contributed by atoms with Gasteiger partial charge in [-0.1, -0.05) is 43.6 Å². The van der Waals surface area contributed by atoms with Crippen LogP contribution in [0.5, 0.6) is 11.5 Å². The van der Waals surface area contributed by atoms with Crippen molar-refractivity contribution in [3.05, 3.63) is 41.0 Å². The summed E-state index contributed by atoms with van der Waals surface area (Å²) >= 11 is 0. The minimum atomic E-state index is -4.16. The first-order chi connectivity index (χ1) is 14.5. The van der Waals surface area contributed by atoms with Crippen LogP contribution in [0.3, 0.4) is 0 Å². The van der Waals surface area contributed by atoms with Crippen LogP contribution in [0.2, 0.25) is 0 Å². The molecule has 0 radical (unpaired) electrons. The van der Waals surface area contributed by atoms with Gasteiger partial charge in [0.2, 0.25) is 10.0 Å². The molecule has 7 heteroatoms. The molecule has 0 spiro atoms. The summed E-state index contributed by atoms with van der Waals surface area (Å²) in [4.78, 5) is 11.1. The first-order valence-corrected chi connectivity index (χ1v) is 12.4. The molecule has 0 fully saturated rings. The van der Waals surface area contributed by atoms with Crippen LogP contribution < -0.4 is 4.72 Å². The maximum Gasteiger partial charge on any atom is 0.244 e. The van der Waals surface area contributed by atoms with Crippen LogP contribution in [0.15, 0.2) is 34.8 Å². The molecule has 6 nitrogen and oxygen atoms in total. The first kappa shape index (κ1) is 25.1. The number of aryl methyl sites for hydroxylation is 1. The van der Waals surface area contributed by atoms with Crippen molar-refractivity contribution in [1.82, 2.24) is 4.72 Å². The van der Waals surface area contributed by atoms with E-state index in [0.717, 1.165) is 43.3 Å². The van der Waals surface area contributed by atoms with E-state index in [1.807, 2.05) is 26.8 Å². The molecule has 3 N–H and O–H groups in total. The highest BCUT2D eigenvalue weighted by atomic mass is 32.2. The van der Waals surface area contributed by atoms with Gasteiger partial charge in [0.05, 0.1) is 6.54 Å². The Hall–Kier alpha value is -2.12. The van der Waals surface area contributed by atoms with Crippen LogP contribution in [-0.4, -0.2) is 31.0 Å². The van der Waals surface area contributed by atoms with Gasteiger partial charge in [-0.2, -0.15) is 0 Å². The van der Waals surface area contributed by atoms with E-state index in [1.165, 1.54) is 13.0 Å². The zero-order chi connectivity index (χ0) is 23.3. The number of phenolic OH excluding ortho intramolecular Hbond substituents is 2. The molecule has 1 aliphatic rings. The number of aromatic hydroxyl groups is 2. The highest BCUT2D eigenvalue weighted by Crippen LogP contribution is 2.49. The molecule has 0 aliphatic heterocycles.